The highest BCUT2D eigenvalue weighted by Gasteiger charge is 2.39. The van der Waals surface area contributed by atoms with E-state index in [-0.39, 0.29) is 6.61 Å². The zero-order chi connectivity index (χ0) is 16.1. The lowest BCUT2D eigenvalue weighted by atomic mass is 10.1. The van der Waals surface area contributed by atoms with Crippen molar-refractivity contribution in [2.75, 3.05) is 0 Å². The average Bonchev–Trinajstić information content (AvgIpc) is 2.45. The average molecular weight is 309 g/mol. The van der Waals surface area contributed by atoms with Gasteiger partial charge in [0, 0.05) is 10.2 Å². The van der Waals surface area contributed by atoms with Crippen LogP contribution in [0.4, 0.5) is 0 Å². The molecule has 1 aromatic carbocycles. The predicted octanol–water partition coefficient (Wildman–Crippen LogP) is 1.76. The molecular formula is C16H27NO3Si. The fourth-order valence-electron chi connectivity index (χ4n) is 1.53. The van der Waals surface area contributed by atoms with Crippen molar-refractivity contribution in [1.29, 1.82) is 0 Å². The summed E-state index contributed by atoms with van der Waals surface area (Å²) < 4.78 is 11.3. The highest BCUT2D eigenvalue weighted by molar-refractivity contribution is 6.12. The van der Waals surface area contributed by atoms with Crippen LogP contribution < -0.4 is 5.73 Å². The fourth-order valence-corrected chi connectivity index (χ4v) is 1.65. The van der Waals surface area contributed by atoms with Crippen molar-refractivity contribution < 1.29 is 14.3 Å². The van der Waals surface area contributed by atoms with Gasteiger partial charge in [0.05, 0.1) is 6.61 Å². The summed E-state index contributed by atoms with van der Waals surface area (Å²) in [6.45, 7) is 8.00. The van der Waals surface area contributed by atoms with E-state index in [0.29, 0.717) is 12.0 Å². The number of hydrogen-bond donors (Lipinski definition) is 1. The van der Waals surface area contributed by atoms with E-state index >= 15 is 0 Å². The zero-order valence-corrected chi connectivity index (χ0v) is 15.7. The molecular weight excluding hydrogens is 282 g/mol. The SMILES string of the molecule is CCC(N)(OCc1ccccc1)C(=O)OC(C)(C)C(C)[SiH3]. The van der Waals surface area contributed by atoms with E-state index in [1.807, 2.05) is 51.1 Å². The van der Waals surface area contributed by atoms with E-state index in [2.05, 4.69) is 6.92 Å². The number of esters is 1. The van der Waals surface area contributed by atoms with Crippen molar-refractivity contribution in [3.63, 3.8) is 0 Å². The van der Waals surface area contributed by atoms with E-state index < -0.39 is 17.3 Å². The maximum Gasteiger partial charge on any atom is 0.354 e. The molecule has 118 valence electrons. The van der Waals surface area contributed by atoms with Gasteiger partial charge in [0.2, 0.25) is 5.72 Å². The molecule has 0 spiro atoms. The second-order valence-electron chi connectivity index (χ2n) is 6.16. The number of ether oxygens (including phenoxy) is 2. The number of carbonyl (C=O) groups excluding carboxylic acids is 1. The minimum absolute atomic E-state index is 0.289. The molecule has 0 radical (unpaired) electrons. The summed E-state index contributed by atoms with van der Waals surface area (Å²) >= 11 is 0. The van der Waals surface area contributed by atoms with Crippen molar-refractivity contribution in [3.8, 4) is 0 Å². The molecule has 4 nitrogen and oxygen atoms in total. The molecule has 0 fully saturated rings. The summed E-state index contributed by atoms with van der Waals surface area (Å²) in [6.07, 6.45) is 0.365. The van der Waals surface area contributed by atoms with Crippen molar-refractivity contribution in [2.24, 2.45) is 5.73 Å². The van der Waals surface area contributed by atoms with E-state index in [4.69, 9.17) is 15.2 Å². The van der Waals surface area contributed by atoms with Crippen molar-refractivity contribution in [2.45, 2.75) is 57.6 Å². The van der Waals surface area contributed by atoms with Crippen LogP contribution in [0, 0.1) is 0 Å². The van der Waals surface area contributed by atoms with Gasteiger partial charge in [-0.3, -0.25) is 5.73 Å². The minimum atomic E-state index is -1.40. The highest BCUT2D eigenvalue weighted by Crippen LogP contribution is 2.26. The maximum absolute atomic E-state index is 12.4. The van der Waals surface area contributed by atoms with Crippen LogP contribution >= 0.6 is 0 Å². The van der Waals surface area contributed by atoms with Crippen LogP contribution in [0.2, 0.25) is 5.54 Å². The van der Waals surface area contributed by atoms with Crippen LogP contribution in [-0.4, -0.2) is 27.5 Å². The van der Waals surface area contributed by atoms with Gasteiger partial charge in [-0.2, -0.15) is 0 Å². The third-order valence-corrected chi connectivity index (χ3v) is 5.35. The normalized spacial score (nSPS) is 16.2. The lowest BCUT2D eigenvalue weighted by Gasteiger charge is -2.34. The molecule has 1 rings (SSSR count). The molecule has 0 heterocycles. The summed E-state index contributed by atoms with van der Waals surface area (Å²) in [5.41, 5.74) is 5.50. The highest BCUT2D eigenvalue weighted by atomic mass is 28.1. The molecule has 2 unspecified atom stereocenters. The Kier molecular flexibility index (Phi) is 6.13. The standard InChI is InChI=1S/C16H27NO3Si/c1-5-16(17,14(18)20-15(3,4)12(2)21)19-11-13-9-7-6-8-10-13/h6-10,12H,5,11,17H2,1-4,21H3. The second-order valence-corrected chi connectivity index (χ2v) is 7.90. The number of rotatable bonds is 7. The summed E-state index contributed by atoms with van der Waals surface area (Å²) in [4.78, 5) is 12.4. The van der Waals surface area contributed by atoms with Gasteiger partial charge >= 0.3 is 5.97 Å². The zero-order valence-electron chi connectivity index (χ0n) is 13.7. The minimum Gasteiger partial charge on any atom is -0.457 e. The molecule has 0 aliphatic heterocycles. The van der Waals surface area contributed by atoms with E-state index in [0.717, 1.165) is 15.8 Å². The second kappa shape index (κ2) is 7.20. The first-order valence-corrected chi connectivity index (χ1v) is 8.57. The topological polar surface area (TPSA) is 61.5 Å². The fraction of sp³-hybridized carbons (Fsp3) is 0.562. The number of hydrogen-bond acceptors (Lipinski definition) is 4. The van der Waals surface area contributed by atoms with Crippen LogP contribution in [0.25, 0.3) is 0 Å². The van der Waals surface area contributed by atoms with Crippen molar-refractivity contribution >= 4 is 16.2 Å². The van der Waals surface area contributed by atoms with E-state index in [9.17, 15) is 4.79 Å². The van der Waals surface area contributed by atoms with Gasteiger partial charge in [-0.25, -0.2) is 4.79 Å². The monoisotopic (exact) mass is 309 g/mol. The first kappa shape index (κ1) is 17.9. The smallest absolute Gasteiger partial charge is 0.354 e. The largest absolute Gasteiger partial charge is 0.457 e. The van der Waals surface area contributed by atoms with Gasteiger partial charge in [0.1, 0.15) is 5.60 Å². The molecule has 0 aromatic heterocycles. The number of carbonyl (C=O) groups is 1. The third kappa shape index (κ3) is 4.95. The lowest BCUT2D eigenvalue weighted by Crippen LogP contribution is -2.53. The van der Waals surface area contributed by atoms with Gasteiger partial charge < -0.3 is 9.47 Å². The van der Waals surface area contributed by atoms with E-state index in [1.165, 1.54) is 0 Å². The Morgan fingerprint density at radius 3 is 2.38 bits per heavy atom. The Morgan fingerprint density at radius 1 is 1.33 bits per heavy atom. The predicted molar refractivity (Wildman–Crippen MR) is 88.0 cm³/mol. The molecule has 2 N–H and O–H groups in total. The summed E-state index contributed by atoms with van der Waals surface area (Å²) in [6, 6.07) is 9.65. The summed E-state index contributed by atoms with van der Waals surface area (Å²) in [5.74, 6) is -0.492. The van der Waals surface area contributed by atoms with Crippen molar-refractivity contribution in [3.05, 3.63) is 35.9 Å². The first-order valence-electron chi connectivity index (χ1n) is 7.41. The molecule has 0 bridgehead atoms. The molecule has 2 atom stereocenters. The quantitative estimate of drug-likeness (QED) is 0.474. The molecule has 0 saturated heterocycles. The Labute approximate surface area is 130 Å². The van der Waals surface area contributed by atoms with Gasteiger partial charge in [-0.15, -0.1) is 0 Å². The van der Waals surface area contributed by atoms with Crippen LogP contribution in [0.5, 0.6) is 0 Å². The maximum atomic E-state index is 12.4. The Hall–Kier alpha value is -1.17. The first-order chi connectivity index (χ1) is 9.71. The molecule has 1 aromatic rings. The molecule has 21 heavy (non-hydrogen) atoms. The summed E-state index contributed by atoms with van der Waals surface area (Å²) in [5, 5.41) is 0. The third-order valence-electron chi connectivity index (χ3n) is 3.96. The summed E-state index contributed by atoms with van der Waals surface area (Å²) in [7, 11) is 0.945. The van der Waals surface area contributed by atoms with Crippen LogP contribution in [0.15, 0.2) is 30.3 Å². The van der Waals surface area contributed by atoms with Gasteiger partial charge in [0.15, 0.2) is 0 Å². The Balaban J connectivity index is 2.72. The lowest BCUT2D eigenvalue weighted by molar-refractivity contribution is -0.187. The van der Waals surface area contributed by atoms with Gasteiger partial charge in [-0.05, 0) is 31.4 Å². The Morgan fingerprint density at radius 2 is 1.90 bits per heavy atom. The number of nitrogens with two attached hydrogens (primary N) is 1. The van der Waals surface area contributed by atoms with Crippen LogP contribution in [0.1, 0.15) is 39.7 Å². The van der Waals surface area contributed by atoms with Crippen LogP contribution in [-0.2, 0) is 20.9 Å². The molecule has 0 aliphatic rings. The van der Waals surface area contributed by atoms with Crippen LogP contribution in [0.3, 0.4) is 0 Å². The molecule has 0 aliphatic carbocycles. The molecule has 5 heteroatoms. The van der Waals surface area contributed by atoms with Gasteiger partial charge in [0.25, 0.3) is 0 Å². The Bertz CT molecular complexity index is 462. The number of benzene rings is 1. The van der Waals surface area contributed by atoms with Gasteiger partial charge in [-0.1, -0.05) is 44.2 Å². The molecule has 0 amide bonds. The molecule has 0 saturated carbocycles. The van der Waals surface area contributed by atoms with Crippen molar-refractivity contribution in [1.82, 2.24) is 0 Å². The van der Waals surface area contributed by atoms with E-state index in [1.54, 1.807) is 0 Å².